The highest BCUT2D eigenvalue weighted by Crippen LogP contribution is 2.20. The zero-order chi connectivity index (χ0) is 19.4. The van der Waals surface area contributed by atoms with Crippen LogP contribution >= 0.6 is 0 Å². The predicted molar refractivity (Wildman–Crippen MR) is 105 cm³/mol. The molecule has 0 aliphatic heterocycles. The average molecular weight is 385 g/mol. The second-order valence-electron chi connectivity index (χ2n) is 6.45. The van der Waals surface area contributed by atoms with Crippen molar-refractivity contribution in [1.82, 2.24) is 14.3 Å². The molecule has 142 valence electrons. The first-order valence-corrected chi connectivity index (χ1v) is 10.4. The number of ketones is 1. The van der Waals surface area contributed by atoms with E-state index in [4.69, 9.17) is 0 Å². The van der Waals surface area contributed by atoms with E-state index in [0.29, 0.717) is 12.0 Å². The van der Waals surface area contributed by atoms with Gasteiger partial charge in [-0.3, -0.25) is 4.79 Å². The minimum absolute atomic E-state index is 0.0935. The standard InChI is InChI=1S/C20H23N3O3S/c1-3-13-23-14-17(19-5-4-11-21-20(19)23)10-12-22-27(25,26)18-8-6-16(7-9-18)15(2)24/h4-9,11,14,22H,3,10,12-13H2,1-2H3. The van der Waals surface area contributed by atoms with Crippen LogP contribution in [0.3, 0.4) is 0 Å². The fraction of sp³-hybridized carbons (Fsp3) is 0.300. The first-order valence-electron chi connectivity index (χ1n) is 8.96. The number of benzene rings is 1. The minimum atomic E-state index is -3.61. The van der Waals surface area contributed by atoms with Crippen LogP contribution in [-0.4, -0.2) is 30.3 Å². The van der Waals surface area contributed by atoms with Crippen molar-refractivity contribution in [2.45, 2.75) is 38.1 Å². The Hall–Kier alpha value is -2.51. The largest absolute Gasteiger partial charge is 0.332 e. The minimum Gasteiger partial charge on any atom is -0.332 e. The first-order chi connectivity index (χ1) is 12.9. The molecule has 0 radical (unpaired) electrons. The summed E-state index contributed by atoms with van der Waals surface area (Å²) in [6, 6.07) is 9.87. The van der Waals surface area contributed by atoms with Crippen LogP contribution in [0.25, 0.3) is 11.0 Å². The van der Waals surface area contributed by atoms with Crippen LogP contribution in [0, 0.1) is 0 Å². The summed E-state index contributed by atoms with van der Waals surface area (Å²) in [6.07, 6.45) is 5.40. The molecule has 0 aliphatic rings. The number of fused-ring (bicyclic) bond motifs is 1. The predicted octanol–water partition coefficient (Wildman–Crippen LogP) is 3.17. The Morgan fingerprint density at radius 1 is 1.19 bits per heavy atom. The van der Waals surface area contributed by atoms with Crippen LogP contribution < -0.4 is 4.72 Å². The lowest BCUT2D eigenvalue weighted by atomic mass is 10.2. The number of aromatic nitrogens is 2. The van der Waals surface area contributed by atoms with Crippen LogP contribution in [0.1, 0.15) is 36.2 Å². The summed E-state index contributed by atoms with van der Waals surface area (Å²) in [5.74, 6) is -0.0935. The fourth-order valence-electron chi connectivity index (χ4n) is 3.08. The van der Waals surface area contributed by atoms with Crippen molar-refractivity contribution in [2.75, 3.05) is 6.54 Å². The monoisotopic (exact) mass is 385 g/mol. The van der Waals surface area contributed by atoms with E-state index in [1.807, 2.05) is 12.1 Å². The zero-order valence-corrected chi connectivity index (χ0v) is 16.3. The summed E-state index contributed by atoms with van der Waals surface area (Å²) < 4.78 is 29.7. The second-order valence-corrected chi connectivity index (χ2v) is 8.22. The molecule has 0 aliphatic carbocycles. The molecule has 6 nitrogen and oxygen atoms in total. The van der Waals surface area contributed by atoms with E-state index in [-0.39, 0.29) is 17.2 Å². The molecule has 0 fully saturated rings. The number of sulfonamides is 1. The van der Waals surface area contributed by atoms with Crippen molar-refractivity contribution in [3.63, 3.8) is 0 Å². The highest BCUT2D eigenvalue weighted by atomic mass is 32.2. The number of rotatable bonds is 8. The van der Waals surface area contributed by atoms with E-state index < -0.39 is 10.0 Å². The highest BCUT2D eigenvalue weighted by Gasteiger charge is 2.15. The fourth-order valence-corrected chi connectivity index (χ4v) is 4.11. The van der Waals surface area contributed by atoms with Gasteiger partial charge in [0.15, 0.2) is 5.78 Å². The Morgan fingerprint density at radius 2 is 1.93 bits per heavy atom. The van der Waals surface area contributed by atoms with E-state index in [1.165, 1.54) is 31.2 Å². The number of pyridine rings is 1. The molecular formula is C20H23N3O3S. The Bertz CT molecular complexity index is 1050. The van der Waals surface area contributed by atoms with E-state index in [2.05, 4.69) is 27.4 Å². The maximum absolute atomic E-state index is 12.5. The number of Topliss-reactive ketones (excluding diaryl/α,β-unsaturated/α-hetero) is 1. The van der Waals surface area contributed by atoms with E-state index >= 15 is 0 Å². The van der Waals surface area contributed by atoms with Crippen LogP contribution in [0.5, 0.6) is 0 Å². The van der Waals surface area contributed by atoms with Crippen LogP contribution in [0.15, 0.2) is 53.7 Å². The number of carbonyl (C=O) groups excluding carboxylic acids is 1. The van der Waals surface area contributed by atoms with Gasteiger partial charge in [0.25, 0.3) is 0 Å². The van der Waals surface area contributed by atoms with Gasteiger partial charge in [-0.2, -0.15) is 0 Å². The van der Waals surface area contributed by atoms with Gasteiger partial charge in [-0.25, -0.2) is 18.1 Å². The summed E-state index contributed by atoms with van der Waals surface area (Å²) in [6.45, 7) is 4.73. The molecule has 0 saturated carbocycles. The molecule has 2 aromatic heterocycles. The molecule has 27 heavy (non-hydrogen) atoms. The van der Waals surface area contributed by atoms with Crippen LogP contribution in [0.2, 0.25) is 0 Å². The van der Waals surface area contributed by atoms with Gasteiger partial charge in [-0.05, 0) is 49.6 Å². The van der Waals surface area contributed by atoms with Crippen LogP contribution in [-0.2, 0) is 23.0 Å². The number of carbonyl (C=O) groups is 1. The molecule has 0 unspecified atom stereocenters. The van der Waals surface area contributed by atoms with Gasteiger partial charge in [-0.1, -0.05) is 19.1 Å². The highest BCUT2D eigenvalue weighted by molar-refractivity contribution is 7.89. The van der Waals surface area contributed by atoms with Gasteiger partial charge < -0.3 is 4.57 Å². The molecule has 1 aromatic carbocycles. The first kappa shape index (κ1) is 19.3. The maximum Gasteiger partial charge on any atom is 0.240 e. The SMILES string of the molecule is CCCn1cc(CCNS(=O)(=O)c2ccc(C(C)=O)cc2)c2cccnc21. The molecule has 3 aromatic rings. The lowest BCUT2D eigenvalue weighted by molar-refractivity contribution is 0.101. The van der Waals surface area contributed by atoms with Crippen molar-refractivity contribution in [2.24, 2.45) is 0 Å². The Kier molecular flexibility index (Phi) is 5.72. The van der Waals surface area contributed by atoms with Crippen molar-refractivity contribution in [3.05, 3.63) is 59.9 Å². The third-order valence-corrected chi connectivity index (χ3v) is 5.92. The van der Waals surface area contributed by atoms with Gasteiger partial charge in [0.1, 0.15) is 5.65 Å². The Morgan fingerprint density at radius 3 is 2.59 bits per heavy atom. The molecule has 0 atom stereocenters. The van der Waals surface area contributed by atoms with Crippen molar-refractivity contribution < 1.29 is 13.2 Å². The molecule has 3 rings (SSSR count). The second kappa shape index (κ2) is 8.02. The third kappa shape index (κ3) is 4.26. The summed E-state index contributed by atoms with van der Waals surface area (Å²) in [5.41, 5.74) is 2.49. The normalized spacial score (nSPS) is 11.8. The summed E-state index contributed by atoms with van der Waals surface area (Å²) in [5, 5.41) is 1.05. The number of aryl methyl sites for hydroxylation is 1. The topological polar surface area (TPSA) is 81.1 Å². The van der Waals surface area contributed by atoms with Gasteiger partial charge >= 0.3 is 0 Å². The Labute approximate surface area is 159 Å². The average Bonchev–Trinajstić information content (AvgIpc) is 3.00. The quantitative estimate of drug-likeness (QED) is 0.604. The molecule has 0 amide bonds. The lowest BCUT2D eigenvalue weighted by Gasteiger charge is -2.07. The van der Waals surface area contributed by atoms with E-state index in [0.717, 1.165) is 29.6 Å². The molecule has 0 saturated heterocycles. The van der Waals surface area contributed by atoms with Gasteiger partial charge in [0, 0.05) is 36.4 Å². The van der Waals surface area contributed by atoms with Crippen molar-refractivity contribution in [3.8, 4) is 0 Å². The molecule has 2 heterocycles. The molecule has 0 spiro atoms. The molecule has 7 heteroatoms. The van der Waals surface area contributed by atoms with Crippen molar-refractivity contribution >= 4 is 26.8 Å². The molecular weight excluding hydrogens is 362 g/mol. The lowest BCUT2D eigenvalue weighted by Crippen LogP contribution is -2.26. The van der Waals surface area contributed by atoms with Gasteiger partial charge in [0.05, 0.1) is 4.90 Å². The third-order valence-electron chi connectivity index (χ3n) is 4.44. The number of hydrogen-bond acceptors (Lipinski definition) is 4. The van der Waals surface area contributed by atoms with Gasteiger partial charge in [-0.15, -0.1) is 0 Å². The van der Waals surface area contributed by atoms with Crippen LogP contribution in [0.4, 0.5) is 0 Å². The summed E-state index contributed by atoms with van der Waals surface area (Å²) in [7, 11) is -3.61. The Balaban J connectivity index is 1.72. The van der Waals surface area contributed by atoms with E-state index in [1.54, 1.807) is 6.20 Å². The van der Waals surface area contributed by atoms with Crippen molar-refractivity contribution in [1.29, 1.82) is 0 Å². The summed E-state index contributed by atoms with van der Waals surface area (Å²) in [4.78, 5) is 15.9. The van der Waals surface area contributed by atoms with E-state index in [9.17, 15) is 13.2 Å². The number of nitrogens with one attached hydrogen (secondary N) is 1. The number of hydrogen-bond donors (Lipinski definition) is 1. The number of nitrogens with zero attached hydrogens (tertiary/aromatic N) is 2. The maximum atomic E-state index is 12.5. The molecule has 0 bridgehead atoms. The summed E-state index contributed by atoms with van der Waals surface area (Å²) >= 11 is 0. The zero-order valence-electron chi connectivity index (χ0n) is 15.5. The smallest absolute Gasteiger partial charge is 0.240 e. The molecule has 1 N–H and O–H groups in total. The van der Waals surface area contributed by atoms with Gasteiger partial charge in [0.2, 0.25) is 10.0 Å².